The summed E-state index contributed by atoms with van der Waals surface area (Å²) in [6.45, 7) is 4.06. The second kappa shape index (κ2) is 14.9. The summed E-state index contributed by atoms with van der Waals surface area (Å²) < 4.78 is 5.59. The molecule has 2 amide bonds. The van der Waals surface area contributed by atoms with Gasteiger partial charge in [-0.25, -0.2) is 9.78 Å². The number of fused-ring (bicyclic) bond motifs is 1. The number of carbonyl (C=O) groups excluding carboxylic acids is 1. The van der Waals surface area contributed by atoms with E-state index in [-0.39, 0.29) is 30.9 Å². The molecular formula is C36H36Cl3N5O5. The summed E-state index contributed by atoms with van der Waals surface area (Å²) in [7, 11) is 1.48. The van der Waals surface area contributed by atoms with Crippen molar-refractivity contribution < 1.29 is 24.5 Å². The van der Waals surface area contributed by atoms with Gasteiger partial charge in [-0.1, -0.05) is 53.0 Å². The highest BCUT2D eigenvalue weighted by Crippen LogP contribution is 2.43. The quantitative estimate of drug-likeness (QED) is 0.161. The normalized spacial score (nSPS) is 16.6. The highest BCUT2D eigenvalue weighted by Gasteiger charge is 2.27. The van der Waals surface area contributed by atoms with E-state index >= 15 is 0 Å². The lowest BCUT2D eigenvalue weighted by Gasteiger charge is -2.30. The van der Waals surface area contributed by atoms with Crippen molar-refractivity contribution in [2.24, 2.45) is 0 Å². The van der Waals surface area contributed by atoms with Gasteiger partial charge in [-0.15, -0.1) is 0 Å². The second-order valence-corrected chi connectivity index (χ2v) is 13.6. The molecule has 2 aromatic heterocycles. The third kappa shape index (κ3) is 7.64. The van der Waals surface area contributed by atoms with Gasteiger partial charge in [-0.2, -0.15) is 0 Å². The van der Waals surface area contributed by atoms with Crippen LogP contribution in [0.15, 0.2) is 54.7 Å². The first kappa shape index (κ1) is 34.9. The van der Waals surface area contributed by atoms with Crippen LogP contribution in [0.4, 0.5) is 4.79 Å². The van der Waals surface area contributed by atoms with Crippen LogP contribution in [0.2, 0.25) is 15.1 Å². The highest BCUT2D eigenvalue weighted by atomic mass is 35.5. The number of hydrogen-bond acceptors (Lipinski definition) is 7. The van der Waals surface area contributed by atoms with E-state index in [0.29, 0.717) is 74.6 Å². The molecule has 2 atom stereocenters. The van der Waals surface area contributed by atoms with E-state index < -0.39 is 12.2 Å². The monoisotopic (exact) mass is 723 g/mol. The zero-order chi connectivity index (χ0) is 34.8. The van der Waals surface area contributed by atoms with Gasteiger partial charge >= 0.3 is 6.09 Å². The molecule has 256 valence electrons. The lowest BCUT2D eigenvalue weighted by molar-refractivity contribution is -0.119. The number of nitrogens with zero attached hydrogens (tertiary/aromatic N) is 4. The molecule has 2 aliphatic rings. The zero-order valence-corrected chi connectivity index (χ0v) is 29.3. The van der Waals surface area contributed by atoms with Gasteiger partial charge in [0.05, 0.1) is 41.2 Å². The van der Waals surface area contributed by atoms with Crippen molar-refractivity contribution in [1.29, 1.82) is 0 Å². The van der Waals surface area contributed by atoms with Crippen molar-refractivity contribution in [3.05, 3.63) is 86.5 Å². The first-order valence-electron chi connectivity index (χ1n) is 16.0. The van der Waals surface area contributed by atoms with E-state index in [1.807, 2.05) is 30.3 Å². The van der Waals surface area contributed by atoms with Crippen molar-refractivity contribution in [1.82, 2.24) is 25.1 Å². The molecular weight excluding hydrogens is 689 g/mol. The molecule has 0 spiro atoms. The van der Waals surface area contributed by atoms with Crippen molar-refractivity contribution in [2.45, 2.75) is 51.4 Å². The summed E-state index contributed by atoms with van der Waals surface area (Å²) >= 11 is 20.9. The molecule has 2 aliphatic heterocycles. The van der Waals surface area contributed by atoms with Gasteiger partial charge in [0.15, 0.2) is 0 Å². The van der Waals surface area contributed by atoms with Crippen LogP contribution in [0.25, 0.3) is 33.6 Å². The number of aliphatic hydroxyl groups excluding tert-OH is 1. The van der Waals surface area contributed by atoms with E-state index in [1.54, 1.807) is 25.3 Å². The maximum absolute atomic E-state index is 12.0. The summed E-state index contributed by atoms with van der Waals surface area (Å²) in [6, 6.07) is 14.7. The minimum atomic E-state index is -1.10. The number of ether oxygens (including phenoxy) is 1. The number of β-amino-alcohol motifs (C(OH)–C–C–N with tert-alkyl or cyclic N) is 1. The smallest absolute Gasteiger partial charge is 0.407 e. The number of pyridine rings is 2. The van der Waals surface area contributed by atoms with Gasteiger partial charge in [0.2, 0.25) is 11.8 Å². The predicted octanol–water partition coefficient (Wildman–Crippen LogP) is 6.94. The molecule has 0 radical (unpaired) electrons. The third-order valence-electron chi connectivity index (χ3n) is 8.91. The molecule has 4 heterocycles. The number of aliphatic hydroxyl groups is 1. The average molecular weight is 725 g/mol. The van der Waals surface area contributed by atoms with E-state index in [2.05, 4.69) is 21.3 Å². The first-order chi connectivity index (χ1) is 23.5. The number of aromatic nitrogens is 2. The largest absolute Gasteiger partial charge is 0.481 e. The molecule has 1 unspecified atom stereocenters. The highest BCUT2D eigenvalue weighted by molar-refractivity contribution is 6.39. The molecule has 0 saturated carbocycles. The van der Waals surface area contributed by atoms with Crippen LogP contribution >= 0.6 is 34.8 Å². The van der Waals surface area contributed by atoms with Gasteiger partial charge < -0.3 is 25.2 Å². The fourth-order valence-electron chi connectivity index (χ4n) is 6.54. The molecule has 49 heavy (non-hydrogen) atoms. The molecule has 1 fully saturated rings. The average Bonchev–Trinajstić information content (AvgIpc) is 3.49. The Hall–Kier alpha value is -3.93. The summed E-state index contributed by atoms with van der Waals surface area (Å²) in [4.78, 5) is 36.4. The molecule has 6 rings (SSSR count). The zero-order valence-electron chi connectivity index (χ0n) is 27.0. The molecule has 0 bridgehead atoms. The molecule has 13 heteroatoms. The van der Waals surface area contributed by atoms with Crippen LogP contribution < -0.4 is 10.1 Å². The van der Waals surface area contributed by atoms with Crippen molar-refractivity contribution >= 4 is 46.8 Å². The summed E-state index contributed by atoms with van der Waals surface area (Å²) in [6.07, 6.45) is 1.94. The fraction of sp³-hybridized carbons (Fsp3) is 0.333. The molecule has 10 nitrogen and oxygen atoms in total. The minimum Gasteiger partial charge on any atom is -0.481 e. The second-order valence-electron chi connectivity index (χ2n) is 12.4. The molecule has 2 aromatic carbocycles. The van der Waals surface area contributed by atoms with Crippen molar-refractivity contribution in [2.75, 3.05) is 26.7 Å². The van der Waals surface area contributed by atoms with E-state index in [9.17, 15) is 19.8 Å². The summed E-state index contributed by atoms with van der Waals surface area (Å²) in [5.41, 5.74) is 6.70. The number of hydrogen-bond donors (Lipinski definition) is 3. The summed E-state index contributed by atoms with van der Waals surface area (Å²) in [5.74, 6) is 0.190. The van der Waals surface area contributed by atoms with E-state index in [1.165, 1.54) is 12.0 Å². The Kier molecular flexibility index (Phi) is 10.6. The van der Waals surface area contributed by atoms with E-state index in [4.69, 9.17) is 44.5 Å². The van der Waals surface area contributed by atoms with Crippen LogP contribution in [-0.4, -0.2) is 80.9 Å². The molecule has 4 aromatic rings. The third-order valence-corrected chi connectivity index (χ3v) is 10.0. The number of carboxylic acid groups (broad SMARTS) is 1. The van der Waals surface area contributed by atoms with Crippen LogP contribution in [0.5, 0.6) is 5.88 Å². The lowest BCUT2D eigenvalue weighted by atomic mass is 9.94. The Labute approximate surface area is 299 Å². The van der Waals surface area contributed by atoms with Crippen molar-refractivity contribution in [3.8, 4) is 39.5 Å². The standard InChI is InChI=1S/C36H36Cl3N5O5/c1-20(45)16-43-13-11-21-14-23(15-29(37)28(21)19-43)34-33(39)26(10-12-40-34)25-4-3-5-27(32(25)38)30-8-6-22(35(42-30)49-2)17-44(36(47)48)18-24-7-9-31(46)41-24/h3-6,8,10,12,14-15,20,24,45H,7,9,11,13,16-19H2,1-2H3,(H,41,46)(H,47,48)/t20?,24-/m0/s1. The van der Waals surface area contributed by atoms with Gasteiger partial charge in [-0.05, 0) is 61.2 Å². The number of halogens is 3. The van der Waals surface area contributed by atoms with Crippen LogP contribution in [0.1, 0.15) is 36.5 Å². The number of methoxy groups -OCH3 is 1. The van der Waals surface area contributed by atoms with E-state index in [0.717, 1.165) is 29.7 Å². The molecule has 1 saturated heterocycles. The molecule has 3 N–H and O–H groups in total. The van der Waals surface area contributed by atoms with Crippen LogP contribution in [-0.2, 0) is 24.3 Å². The van der Waals surface area contributed by atoms with Crippen LogP contribution in [0, 0.1) is 0 Å². The Balaban J connectivity index is 1.28. The predicted molar refractivity (Wildman–Crippen MR) is 190 cm³/mol. The number of amides is 2. The SMILES string of the molecule is COc1nc(-c2cccc(-c3ccnc(-c4cc(Cl)c5c(c4)CCN(CC(C)O)C5)c3Cl)c2Cl)ccc1CN(C[C@@H]1CCC(=O)N1)C(=O)O. The lowest BCUT2D eigenvalue weighted by Crippen LogP contribution is -2.41. The van der Waals surface area contributed by atoms with Gasteiger partial charge in [0.25, 0.3) is 0 Å². The Bertz CT molecular complexity index is 1910. The first-order valence-corrected chi connectivity index (χ1v) is 17.1. The Morgan fingerprint density at radius 2 is 1.88 bits per heavy atom. The fourth-order valence-corrected chi connectivity index (χ4v) is 7.49. The number of rotatable bonds is 10. The minimum absolute atomic E-state index is 0.0359. The Morgan fingerprint density at radius 3 is 2.59 bits per heavy atom. The topological polar surface area (TPSA) is 128 Å². The number of benzene rings is 2. The van der Waals surface area contributed by atoms with Crippen molar-refractivity contribution in [3.63, 3.8) is 0 Å². The number of nitrogens with one attached hydrogen (secondary N) is 1. The maximum Gasteiger partial charge on any atom is 0.407 e. The van der Waals surface area contributed by atoms with Gasteiger partial charge in [0.1, 0.15) is 0 Å². The van der Waals surface area contributed by atoms with Gasteiger partial charge in [-0.3, -0.25) is 14.7 Å². The molecule has 0 aliphatic carbocycles. The maximum atomic E-state index is 12.0. The van der Waals surface area contributed by atoms with Crippen LogP contribution in [0.3, 0.4) is 0 Å². The number of carbonyl (C=O) groups is 2. The summed E-state index contributed by atoms with van der Waals surface area (Å²) in [5, 5.41) is 24.0. The Morgan fingerprint density at radius 1 is 1.10 bits per heavy atom. The van der Waals surface area contributed by atoms with Gasteiger partial charge in [0, 0.05) is 77.7 Å².